The molecule has 0 saturated carbocycles. The maximum absolute atomic E-state index is 9.31. The predicted octanol–water partition coefficient (Wildman–Crippen LogP) is 1.66. The highest BCUT2D eigenvalue weighted by molar-refractivity contribution is 6.31. The van der Waals surface area contributed by atoms with Crippen LogP contribution in [0.1, 0.15) is 18.9 Å². The topological polar surface area (TPSA) is 53.4 Å². The zero-order valence-corrected chi connectivity index (χ0v) is 9.54. The van der Waals surface area contributed by atoms with Crippen molar-refractivity contribution < 1.29 is 10.2 Å². The molecule has 0 aromatic carbocycles. The Balaban J connectivity index is 2.88. The maximum atomic E-state index is 9.31. The van der Waals surface area contributed by atoms with Gasteiger partial charge in [-0.2, -0.15) is 0 Å². The molecule has 0 atom stereocenters. The molecule has 0 unspecified atom stereocenters. The Bertz CT molecular complexity index is 305. The van der Waals surface area contributed by atoms with Gasteiger partial charge in [0.1, 0.15) is 0 Å². The number of hydrogen-bond acceptors (Lipinski definition) is 3. The van der Waals surface area contributed by atoms with Crippen LogP contribution in [0.3, 0.4) is 0 Å². The molecular weight excluding hydrogens is 214 g/mol. The van der Waals surface area contributed by atoms with Crippen LogP contribution < -0.4 is 0 Å². The number of rotatable bonds is 5. The molecule has 0 fully saturated rings. The number of aromatic nitrogens is 1. The first-order chi connectivity index (χ1) is 7.17. The molecule has 1 rings (SSSR count). The van der Waals surface area contributed by atoms with Crippen LogP contribution in [-0.2, 0) is 6.42 Å². The summed E-state index contributed by atoms with van der Waals surface area (Å²) in [5.74, 6) is 0. The third-order valence-electron chi connectivity index (χ3n) is 2.84. The molecule has 3 nitrogen and oxygen atoms in total. The average molecular weight is 230 g/mol. The number of hydrogen-bond donors (Lipinski definition) is 2. The lowest BCUT2D eigenvalue weighted by Gasteiger charge is -2.28. The van der Waals surface area contributed by atoms with Gasteiger partial charge < -0.3 is 10.2 Å². The van der Waals surface area contributed by atoms with Crippen molar-refractivity contribution in [2.24, 2.45) is 5.41 Å². The summed E-state index contributed by atoms with van der Waals surface area (Å²) in [4.78, 5) is 3.90. The fraction of sp³-hybridized carbons (Fsp3) is 0.545. The number of aliphatic hydroxyl groups excluding tert-OH is 2. The Morgan fingerprint density at radius 3 is 2.53 bits per heavy atom. The highest BCUT2D eigenvalue weighted by Gasteiger charge is 2.27. The van der Waals surface area contributed by atoms with Gasteiger partial charge in [0.05, 0.1) is 18.2 Å². The molecule has 0 amide bonds. The third-order valence-corrected chi connectivity index (χ3v) is 3.18. The highest BCUT2D eigenvalue weighted by Crippen LogP contribution is 2.28. The molecule has 0 aliphatic carbocycles. The number of aliphatic hydroxyl groups is 2. The Hall–Kier alpha value is -0.640. The van der Waals surface area contributed by atoms with Crippen LogP contribution in [0.2, 0.25) is 5.02 Å². The van der Waals surface area contributed by atoms with Crippen LogP contribution in [0, 0.1) is 5.41 Å². The molecule has 2 N–H and O–H groups in total. The molecule has 15 heavy (non-hydrogen) atoms. The van der Waals surface area contributed by atoms with Crippen LogP contribution in [0.4, 0.5) is 0 Å². The van der Waals surface area contributed by atoms with Crippen molar-refractivity contribution in [2.75, 3.05) is 13.2 Å². The molecule has 4 heteroatoms. The maximum Gasteiger partial charge on any atom is 0.0621 e. The Labute approximate surface area is 94.7 Å². The first-order valence-electron chi connectivity index (χ1n) is 4.97. The van der Waals surface area contributed by atoms with Crippen molar-refractivity contribution >= 4 is 11.6 Å². The van der Waals surface area contributed by atoms with Crippen molar-refractivity contribution in [2.45, 2.75) is 19.8 Å². The highest BCUT2D eigenvalue weighted by atomic mass is 35.5. The van der Waals surface area contributed by atoms with Crippen LogP contribution in [0.15, 0.2) is 18.5 Å². The monoisotopic (exact) mass is 229 g/mol. The standard InChI is InChI=1S/C11H16ClNO2/c1-2-11(7-14,8-15)5-9-3-4-13-6-10(9)12/h3-4,6,14-15H,2,5,7-8H2,1H3. The van der Waals surface area contributed by atoms with Crippen molar-refractivity contribution in [1.82, 2.24) is 4.98 Å². The summed E-state index contributed by atoms with van der Waals surface area (Å²) in [5.41, 5.74) is 0.432. The van der Waals surface area contributed by atoms with Crippen molar-refractivity contribution in [3.63, 3.8) is 0 Å². The Morgan fingerprint density at radius 2 is 2.07 bits per heavy atom. The summed E-state index contributed by atoms with van der Waals surface area (Å²) >= 11 is 5.98. The van der Waals surface area contributed by atoms with E-state index >= 15 is 0 Å². The van der Waals surface area contributed by atoms with Gasteiger partial charge in [-0.1, -0.05) is 18.5 Å². The van der Waals surface area contributed by atoms with Gasteiger partial charge in [-0.15, -0.1) is 0 Å². The van der Waals surface area contributed by atoms with Crippen LogP contribution in [-0.4, -0.2) is 28.4 Å². The van der Waals surface area contributed by atoms with Crippen LogP contribution in [0.25, 0.3) is 0 Å². The van der Waals surface area contributed by atoms with Crippen LogP contribution in [0.5, 0.6) is 0 Å². The second-order valence-corrected chi connectivity index (χ2v) is 4.22. The van der Waals surface area contributed by atoms with Crippen molar-refractivity contribution in [3.05, 3.63) is 29.0 Å². The molecule has 0 aliphatic rings. The first-order valence-corrected chi connectivity index (χ1v) is 5.35. The summed E-state index contributed by atoms with van der Waals surface area (Å²) < 4.78 is 0. The lowest BCUT2D eigenvalue weighted by molar-refractivity contribution is 0.0514. The smallest absolute Gasteiger partial charge is 0.0621 e. The van der Waals surface area contributed by atoms with E-state index in [0.29, 0.717) is 17.9 Å². The van der Waals surface area contributed by atoms with Gasteiger partial charge in [0.15, 0.2) is 0 Å². The average Bonchev–Trinajstić information content (AvgIpc) is 2.29. The van der Waals surface area contributed by atoms with E-state index < -0.39 is 5.41 Å². The van der Waals surface area contributed by atoms with Gasteiger partial charge in [-0.25, -0.2) is 0 Å². The third kappa shape index (κ3) is 2.91. The number of pyridine rings is 1. The fourth-order valence-electron chi connectivity index (χ4n) is 1.46. The van der Waals surface area contributed by atoms with E-state index in [1.54, 1.807) is 12.4 Å². The molecule has 1 aromatic rings. The minimum atomic E-state index is -0.481. The summed E-state index contributed by atoms with van der Waals surface area (Å²) in [7, 11) is 0. The zero-order valence-electron chi connectivity index (χ0n) is 8.78. The van der Waals surface area contributed by atoms with Crippen molar-refractivity contribution in [3.8, 4) is 0 Å². The van der Waals surface area contributed by atoms with Crippen LogP contribution >= 0.6 is 11.6 Å². The molecule has 0 radical (unpaired) electrons. The van der Waals surface area contributed by atoms with E-state index in [1.807, 2.05) is 13.0 Å². The lowest BCUT2D eigenvalue weighted by atomic mass is 9.81. The minimum Gasteiger partial charge on any atom is -0.396 e. The molecule has 0 spiro atoms. The van der Waals surface area contributed by atoms with E-state index in [-0.39, 0.29) is 13.2 Å². The molecule has 1 heterocycles. The van der Waals surface area contributed by atoms with E-state index in [0.717, 1.165) is 5.56 Å². The summed E-state index contributed by atoms with van der Waals surface area (Å²) in [5, 5.41) is 19.2. The number of halogens is 1. The molecule has 0 saturated heterocycles. The van der Waals surface area contributed by atoms with Crippen molar-refractivity contribution in [1.29, 1.82) is 0 Å². The fourth-order valence-corrected chi connectivity index (χ4v) is 1.65. The second-order valence-electron chi connectivity index (χ2n) is 3.81. The quantitative estimate of drug-likeness (QED) is 0.808. The van der Waals surface area contributed by atoms with Gasteiger partial charge in [0.25, 0.3) is 0 Å². The van der Waals surface area contributed by atoms with Gasteiger partial charge in [0.2, 0.25) is 0 Å². The van der Waals surface area contributed by atoms with E-state index in [9.17, 15) is 10.2 Å². The van der Waals surface area contributed by atoms with Gasteiger partial charge in [-0.3, -0.25) is 4.98 Å². The van der Waals surface area contributed by atoms with Gasteiger partial charge >= 0.3 is 0 Å². The summed E-state index contributed by atoms with van der Waals surface area (Å²) in [6.45, 7) is 1.86. The molecule has 1 aromatic heterocycles. The first kappa shape index (κ1) is 12.4. The Morgan fingerprint density at radius 1 is 1.40 bits per heavy atom. The van der Waals surface area contributed by atoms with E-state index in [4.69, 9.17) is 11.6 Å². The molecule has 0 aliphatic heterocycles. The Kier molecular flexibility index (Phi) is 4.51. The SMILES string of the molecule is CCC(CO)(CO)Cc1ccncc1Cl. The lowest BCUT2D eigenvalue weighted by Crippen LogP contribution is -2.31. The molecular formula is C11H16ClNO2. The van der Waals surface area contributed by atoms with Gasteiger partial charge in [0, 0.05) is 17.8 Å². The minimum absolute atomic E-state index is 0.0430. The zero-order chi connectivity index (χ0) is 11.3. The summed E-state index contributed by atoms with van der Waals surface area (Å²) in [6, 6.07) is 1.82. The van der Waals surface area contributed by atoms with E-state index in [1.165, 1.54) is 0 Å². The predicted molar refractivity (Wildman–Crippen MR) is 59.8 cm³/mol. The number of nitrogens with zero attached hydrogens (tertiary/aromatic N) is 1. The van der Waals surface area contributed by atoms with Gasteiger partial charge in [-0.05, 0) is 24.5 Å². The summed E-state index contributed by atoms with van der Waals surface area (Å²) in [6.07, 6.45) is 4.51. The van der Waals surface area contributed by atoms with E-state index in [2.05, 4.69) is 4.98 Å². The normalized spacial score (nSPS) is 11.7. The molecule has 84 valence electrons. The second kappa shape index (κ2) is 5.45. The molecule has 0 bridgehead atoms. The largest absolute Gasteiger partial charge is 0.396 e.